The van der Waals surface area contributed by atoms with Gasteiger partial charge in [-0.15, -0.1) is 0 Å². The highest BCUT2D eigenvalue weighted by molar-refractivity contribution is 6.30. The maximum absolute atomic E-state index is 11.6. The van der Waals surface area contributed by atoms with Crippen molar-refractivity contribution in [3.63, 3.8) is 0 Å². The second-order valence-corrected chi connectivity index (χ2v) is 2.22. The molecule has 82 valence electrons. The Hall–Kier alpha value is -1.64. The number of rotatable bonds is 2. The monoisotopic (exact) mass is 218 g/mol. The number of hydrogen-bond acceptors (Lipinski definition) is 5. The van der Waals surface area contributed by atoms with Gasteiger partial charge < -0.3 is 20.2 Å². The first-order valence-electron chi connectivity index (χ1n) is 3.64. The van der Waals surface area contributed by atoms with E-state index >= 15 is 0 Å². The largest absolute Gasteiger partial charge is 0.631 e. The number of hydrogen-bond donors (Lipinski definition) is 4. The lowest BCUT2D eigenvalue weighted by Gasteiger charge is -1.97. The molecule has 6 nitrogen and oxygen atoms in total. The molecule has 0 aromatic heterocycles. The van der Waals surface area contributed by atoms with Crippen molar-refractivity contribution in [3.8, 4) is 5.75 Å². The van der Waals surface area contributed by atoms with E-state index in [0.717, 1.165) is 0 Å². The molecule has 1 rings (SSSR count). The third-order valence-corrected chi connectivity index (χ3v) is 1.20. The van der Waals surface area contributed by atoms with Crippen molar-refractivity contribution in [2.45, 2.75) is 0 Å². The molecule has 0 radical (unpaired) electrons. The zero-order chi connectivity index (χ0) is 11.8. The SMILES string of the molecule is O=C(O)c1ccccc1OF.OB(O)O. The van der Waals surface area contributed by atoms with Crippen molar-refractivity contribution in [1.82, 2.24) is 0 Å². The topological polar surface area (TPSA) is 107 Å². The summed E-state index contributed by atoms with van der Waals surface area (Å²) in [7, 11) is -2.17. The van der Waals surface area contributed by atoms with Gasteiger partial charge in [0.15, 0.2) is 5.75 Å². The second-order valence-electron chi connectivity index (χ2n) is 2.22. The lowest BCUT2D eigenvalue weighted by molar-refractivity contribution is -0.00781. The number of carboxylic acid groups (broad SMARTS) is 1. The van der Waals surface area contributed by atoms with E-state index in [1.165, 1.54) is 24.3 Å². The number of para-hydroxylation sites is 1. The van der Waals surface area contributed by atoms with Gasteiger partial charge in [0.25, 0.3) is 0 Å². The third kappa shape index (κ3) is 5.63. The zero-order valence-corrected chi connectivity index (χ0v) is 7.37. The molecule has 0 unspecified atom stereocenters. The minimum absolute atomic E-state index is 0.185. The third-order valence-electron chi connectivity index (χ3n) is 1.20. The van der Waals surface area contributed by atoms with Gasteiger partial charge in [-0.05, 0) is 12.1 Å². The van der Waals surface area contributed by atoms with Crippen LogP contribution in [-0.4, -0.2) is 33.5 Å². The summed E-state index contributed by atoms with van der Waals surface area (Å²) in [4.78, 5) is 13.7. The first-order chi connectivity index (χ1) is 6.99. The zero-order valence-electron chi connectivity index (χ0n) is 7.37. The van der Waals surface area contributed by atoms with Crippen molar-refractivity contribution < 1.29 is 34.4 Å². The molecule has 0 spiro atoms. The van der Waals surface area contributed by atoms with Crippen molar-refractivity contribution in [3.05, 3.63) is 29.8 Å². The van der Waals surface area contributed by atoms with Crippen molar-refractivity contribution >= 4 is 13.3 Å². The van der Waals surface area contributed by atoms with Gasteiger partial charge in [-0.1, -0.05) is 12.1 Å². The van der Waals surface area contributed by atoms with Gasteiger partial charge in [-0.2, -0.15) is 0 Å². The molecule has 1 aromatic rings. The quantitative estimate of drug-likeness (QED) is 0.503. The van der Waals surface area contributed by atoms with E-state index < -0.39 is 13.3 Å². The molecule has 0 bridgehead atoms. The molecule has 0 atom stereocenters. The second kappa shape index (κ2) is 6.76. The Morgan fingerprint density at radius 2 is 1.73 bits per heavy atom. The smallest absolute Gasteiger partial charge is 0.478 e. The highest BCUT2D eigenvalue weighted by Gasteiger charge is 2.09. The van der Waals surface area contributed by atoms with Gasteiger partial charge in [0.05, 0.1) is 0 Å². The van der Waals surface area contributed by atoms with E-state index in [-0.39, 0.29) is 11.3 Å². The number of halogens is 1. The van der Waals surface area contributed by atoms with Crippen LogP contribution in [0.1, 0.15) is 10.4 Å². The normalized spacial score (nSPS) is 8.53. The summed E-state index contributed by atoms with van der Waals surface area (Å²) in [6, 6.07) is 5.48. The van der Waals surface area contributed by atoms with Crippen molar-refractivity contribution in [2.75, 3.05) is 0 Å². The van der Waals surface area contributed by atoms with Crippen LogP contribution in [0.25, 0.3) is 0 Å². The summed E-state index contributed by atoms with van der Waals surface area (Å²) in [5.74, 6) is -1.49. The fourth-order valence-corrected chi connectivity index (χ4v) is 0.711. The summed E-state index contributed by atoms with van der Waals surface area (Å²) < 4.78 is 11.6. The molecule has 1 aromatic carbocycles. The summed E-state index contributed by atoms with van der Waals surface area (Å²) >= 11 is 0. The van der Waals surface area contributed by atoms with Gasteiger partial charge in [0.1, 0.15) is 5.56 Å². The molecule has 0 aliphatic heterocycles. The molecule has 15 heavy (non-hydrogen) atoms. The van der Waals surface area contributed by atoms with Crippen LogP contribution in [0.3, 0.4) is 0 Å². The molecular weight excluding hydrogens is 210 g/mol. The van der Waals surface area contributed by atoms with E-state index in [4.69, 9.17) is 20.2 Å². The summed E-state index contributed by atoms with van der Waals surface area (Å²) in [6.07, 6.45) is 0. The van der Waals surface area contributed by atoms with Crippen molar-refractivity contribution in [2.24, 2.45) is 0 Å². The lowest BCUT2D eigenvalue weighted by Crippen LogP contribution is -2.07. The van der Waals surface area contributed by atoms with Gasteiger partial charge in [0.2, 0.25) is 0 Å². The average Bonchev–Trinajstić information content (AvgIpc) is 2.16. The van der Waals surface area contributed by atoms with Crippen LogP contribution in [0.5, 0.6) is 5.75 Å². The number of aromatic carboxylic acids is 1. The molecule has 4 N–H and O–H groups in total. The van der Waals surface area contributed by atoms with Crippen LogP contribution in [-0.2, 0) is 0 Å². The highest BCUT2D eigenvalue weighted by Crippen LogP contribution is 2.17. The molecule has 0 saturated carbocycles. The summed E-state index contributed by atoms with van der Waals surface area (Å²) in [5, 5.41) is 30.0. The Morgan fingerprint density at radius 3 is 2.07 bits per heavy atom. The Balaban J connectivity index is 0.000000423. The molecule has 0 heterocycles. The molecular formula is C7H8BFO6. The van der Waals surface area contributed by atoms with Crippen LogP contribution in [0.15, 0.2) is 24.3 Å². The Bertz CT molecular complexity index is 315. The lowest BCUT2D eigenvalue weighted by atomic mass is 10.2. The van der Waals surface area contributed by atoms with Crippen LogP contribution < -0.4 is 4.94 Å². The number of benzene rings is 1. The molecule has 0 aliphatic carbocycles. The minimum Gasteiger partial charge on any atom is -0.478 e. The molecule has 0 fully saturated rings. The van der Waals surface area contributed by atoms with Gasteiger partial charge >= 0.3 is 13.3 Å². The fourth-order valence-electron chi connectivity index (χ4n) is 0.711. The Morgan fingerprint density at radius 1 is 1.27 bits per heavy atom. The van der Waals surface area contributed by atoms with Gasteiger partial charge in [-0.25, -0.2) is 4.79 Å². The van der Waals surface area contributed by atoms with Gasteiger partial charge in [0, 0.05) is 4.53 Å². The van der Waals surface area contributed by atoms with E-state index in [1.54, 1.807) is 0 Å². The maximum atomic E-state index is 11.6. The Labute approximate surface area is 84.2 Å². The van der Waals surface area contributed by atoms with Crippen LogP contribution in [0, 0.1) is 0 Å². The van der Waals surface area contributed by atoms with E-state index in [0.29, 0.717) is 0 Å². The number of carboxylic acids is 1. The molecule has 0 amide bonds. The summed E-state index contributed by atoms with van der Waals surface area (Å²) in [5.41, 5.74) is -0.185. The molecule has 8 heteroatoms. The summed E-state index contributed by atoms with van der Waals surface area (Å²) in [6.45, 7) is 0. The average molecular weight is 218 g/mol. The highest BCUT2D eigenvalue weighted by atomic mass is 19.3. The van der Waals surface area contributed by atoms with E-state index in [2.05, 4.69) is 4.94 Å². The standard InChI is InChI=1S/C7H5FO3.BH3O3/c8-11-6-4-2-1-3-5(6)7(9)10;2-1(3)4/h1-4H,(H,9,10);2-4H. The molecule has 0 saturated heterocycles. The Kier molecular flexibility index (Phi) is 6.03. The maximum Gasteiger partial charge on any atom is 0.631 e. The van der Waals surface area contributed by atoms with Crippen LogP contribution >= 0.6 is 0 Å². The van der Waals surface area contributed by atoms with Gasteiger partial charge in [-0.3, -0.25) is 4.94 Å². The van der Waals surface area contributed by atoms with E-state index in [1.807, 2.05) is 0 Å². The first kappa shape index (κ1) is 13.4. The van der Waals surface area contributed by atoms with Crippen LogP contribution in [0.2, 0.25) is 0 Å². The fraction of sp³-hybridized carbons (Fsp3) is 0. The first-order valence-corrected chi connectivity index (χ1v) is 3.64. The predicted molar refractivity (Wildman–Crippen MR) is 47.5 cm³/mol. The number of carbonyl (C=O) groups is 1. The molecule has 0 aliphatic rings. The predicted octanol–water partition coefficient (Wildman–Crippen LogP) is -0.404. The van der Waals surface area contributed by atoms with E-state index in [9.17, 15) is 9.32 Å². The van der Waals surface area contributed by atoms with Crippen LogP contribution in [0.4, 0.5) is 4.53 Å². The van der Waals surface area contributed by atoms with Crippen molar-refractivity contribution in [1.29, 1.82) is 0 Å². The minimum atomic E-state index is -2.17.